The Hall–Kier alpha value is -3.04. The van der Waals surface area contributed by atoms with Crippen molar-refractivity contribution in [2.75, 3.05) is 0 Å². The Balaban J connectivity index is 1.98. The van der Waals surface area contributed by atoms with Crippen LogP contribution in [0.25, 0.3) is 28.1 Å². The average molecular weight is 307 g/mol. The van der Waals surface area contributed by atoms with Gasteiger partial charge in [0.1, 0.15) is 5.52 Å². The van der Waals surface area contributed by atoms with Crippen LogP contribution in [0.15, 0.2) is 42.6 Å². The van der Waals surface area contributed by atoms with Gasteiger partial charge < -0.3 is 0 Å². The summed E-state index contributed by atoms with van der Waals surface area (Å²) in [7, 11) is 0. The third kappa shape index (κ3) is 1.88. The quantitative estimate of drug-likeness (QED) is 0.505. The van der Waals surface area contributed by atoms with Gasteiger partial charge in [-0.1, -0.05) is 0 Å². The van der Waals surface area contributed by atoms with Gasteiger partial charge in [0.05, 0.1) is 17.1 Å². The second-order valence-corrected chi connectivity index (χ2v) is 4.95. The normalized spacial score (nSPS) is 10.9. The number of hydrogen-bond donors (Lipinski definition) is 0. The van der Waals surface area contributed by atoms with Gasteiger partial charge in [0, 0.05) is 11.8 Å². The molecule has 0 saturated carbocycles. The fourth-order valence-electron chi connectivity index (χ4n) is 2.22. The Morgan fingerprint density at radius 1 is 1.09 bits per heavy atom. The summed E-state index contributed by atoms with van der Waals surface area (Å²) in [6.07, 6.45) is 1.67. The van der Waals surface area contributed by atoms with Crippen molar-refractivity contribution in [2.24, 2.45) is 0 Å². The largest absolute Gasteiger partial charge is 0.251 e. The maximum atomic E-state index is 8.85. The first-order chi connectivity index (χ1) is 10.8. The molecule has 6 nitrogen and oxygen atoms in total. The number of hydrogen-bond acceptors (Lipinski definition) is 5. The summed E-state index contributed by atoms with van der Waals surface area (Å²) < 4.78 is 1.46. The third-order valence-electron chi connectivity index (χ3n) is 3.27. The van der Waals surface area contributed by atoms with Crippen LogP contribution < -0.4 is 0 Å². The number of fused-ring (bicyclic) bond motifs is 3. The van der Waals surface area contributed by atoms with Crippen LogP contribution in [-0.2, 0) is 0 Å². The number of rotatable bonds is 1. The molecule has 22 heavy (non-hydrogen) atoms. The van der Waals surface area contributed by atoms with Crippen LogP contribution in [0.2, 0.25) is 5.28 Å². The molecule has 4 aromatic rings. The fourth-order valence-corrected chi connectivity index (χ4v) is 2.43. The summed E-state index contributed by atoms with van der Waals surface area (Å²) in [5.74, 6) is 0.506. The zero-order valence-electron chi connectivity index (χ0n) is 11.1. The van der Waals surface area contributed by atoms with E-state index in [-0.39, 0.29) is 5.28 Å². The lowest BCUT2D eigenvalue weighted by molar-refractivity contribution is 0.937. The van der Waals surface area contributed by atoms with Crippen molar-refractivity contribution in [3.63, 3.8) is 0 Å². The van der Waals surface area contributed by atoms with E-state index in [4.69, 9.17) is 16.9 Å². The van der Waals surface area contributed by atoms with E-state index in [0.29, 0.717) is 28.1 Å². The highest BCUT2D eigenvalue weighted by atomic mass is 35.5. The summed E-state index contributed by atoms with van der Waals surface area (Å²) in [5, 5.41) is 13.5. The highest BCUT2D eigenvalue weighted by Gasteiger charge is 2.14. The topological polar surface area (TPSA) is 79.8 Å². The average Bonchev–Trinajstić information content (AvgIpc) is 3.01. The van der Waals surface area contributed by atoms with Crippen molar-refractivity contribution < 1.29 is 0 Å². The van der Waals surface area contributed by atoms with Gasteiger partial charge in [-0.05, 0) is 48.0 Å². The van der Waals surface area contributed by atoms with E-state index in [1.807, 2.05) is 6.07 Å². The van der Waals surface area contributed by atoms with Gasteiger partial charge in [-0.25, -0.2) is 9.97 Å². The van der Waals surface area contributed by atoms with E-state index in [1.165, 1.54) is 4.52 Å². The van der Waals surface area contributed by atoms with Crippen LogP contribution in [0.1, 0.15) is 5.56 Å². The standard InChI is InChI=1S/C15H7ClN6/c16-15-19-11-2-1-7-18-12(11)14-20-13(21-22(14)15)10-5-3-9(8-17)4-6-10/h1-7H. The highest BCUT2D eigenvalue weighted by Crippen LogP contribution is 2.22. The van der Waals surface area contributed by atoms with E-state index in [2.05, 4.69) is 26.1 Å². The molecule has 0 aliphatic carbocycles. The number of pyridine rings is 1. The molecule has 0 fully saturated rings. The summed E-state index contributed by atoms with van der Waals surface area (Å²) in [4.78, 5) is 13.1. The molecule has 0 aliphatic rings. The lowest BCUT2D eigenvalue weighted by Crippen LogP contribution is -1.95. The molecule has 0 bridgehead atoms. The van der Waals surface area contributed by atoms with Crippen molar-refractivity contribution in [3.8, 4) is 17.5 Å². The Morgan fingerprint density at radius 3 is 2.68 bits per heavy atom. The first kappa shape index (κ1) is 12.7. The van der Waals surface area contributed by atoms with Crippen molar-refractivity contribution in [1.29, 1.82) is 5.26 Å². The third-order valence-corrected chi connectivity index (χ3v) is 3.51. The number of benzene rings is 1. The van der Waals surface area contributed by atoms with E-state index in [0.717, 1.165) is 5.56 Å². The van der Waals surface area contributed by atoms with Crippen molar-refractivity contribution in [1.82, 2.24) is 24.6 Å². The van der Waals surface area contributed by atoms with Crippen molar-refractivity contribution in [2.45, 2.75) is 0 Å². The smallest absolute Gasteiger partial charge is 0.226 e. The second kappa shape index (κ2) is 4.76. The van der Waals surface area contributed by atoms with E-state index in [9.17, 15) is 0 Å². The van der Waals surface area contributed by atoms with Crippen LogP contribution in [0.5, 0.6) is 0 Å². The molecule has 0 N–H and O–H groups in total. The second-order valence-electron chi connectivity index (χ2n) is 4.61. The van der Waals surface area contributed by atoms with Gasteiger partial charge in [0.2, 0.25) is 5.28 Å². The highest BCUT2D eigenvalue weighted by molar-refractivity contribution is 6.29. The van der Waals surface area contributed by atoms with Crippen molar-refractivity contribution >= 4 is 28.3 Å². The van der Waals surface area contributed by atoms with Crippen LogP contribution >= 0.6 is 11.6 Å². The van der Waals surface area contributed by atoms with Crippen LogP contribution in [0.4, 0.5) is 0 Å². The molecule has 0 radical (unpaired) electrons. The molecule has 104 valence electrons. The van der Waals surface area contributed by atoms with Gasteiger partial charge >= 0.3 is 0 Å². The summed E-state index contributed by atoms with van der Waals surface area (Å²) in [6, 6.07) is 12.7. The molecular weight excluding hydrogens is 300 g/mol. The zero-order chi connectivity index (χ0) is 15.1. The molecule has 3 aromatic heterocycles. The first-order valence-electron chi connectivity index (χ1n) is 6.44. The zero-order valence-corrected chi connectivity index (χ0v) is 11.9. The summed E-state index contributed by atoms with van der Waals surface area (Å²) in [6.45, 7) is 0. The number of halogens is 1. The summed E-state index contributed by atoms with van der Waals surface area (Å²) in [5.41, 5.74) is 3.23. The Kier molecular flexibility index (Phi) is 2.74. The molecule has 4 rings (SSSR count). The monoisotopic (exact) mass is 306 g/mol. The van der Waals surface area contributed by atoms with E-state index >= 15 is 0 Å². The molecule has 0 aliphatic heterocycles. The van der Waals surface area contributed by atoms with Gasteiger partial charge in [0.25, 0.3) is 0 Å². The van der Waals surface area contributed by atoms with Crippen LogP contribution in [-0.4, -0.2) is 24.6 Å². The molecule has 7 heteroatoms. The molecule has 1 aromatic carbocycles. The molecule has 0 amide bonds. The predicted octanol–water partition coefficient (Wildman–Crippen LogP) is 2.86. The number of nitriles is 1. The molecule has 0 unspecified atom stereocenters. The van der Waals surface area contributed by atoms with Crippen molar-refractivity contribution in [3.05, 3.63) is 53.4 Å². The maximum Gasteiger partial charge on any atom is 0.226 e. The van der Waals surface area contributed by atoms with Gasteiger partial charge in [0.15, 0.2) is 11.5 Å². The molecular formula is C15H7ClN6. The Bertz CT molecular complexity index is 1050. The SMILES string of the molecule is N#Cc1ccc(-c2nc3c4ncccc4nc(Cl)n3n2)cc1. The maximum absolute atomic E-state index is 8.85. The Morgan fingerprint density at radius 2 is 1.91 bits per heavy atom. The number of nitrogens with zero attached hydrogens (tertiary/aromatic N) is 6. The minimum atomic E-state index is 0.225. The molecule has 0 atom stereocenters. The lowest BCUT2D eigenvalue weighted by atomic mass is 10.1. The predicted molar refractivity (Wildman–Crippen MR) is 81.2 cm³/mol. The van der Waals surface area contributed by atoms with Gasteiger partial charge in [-0.15, -0.1) is 5.10 Å². The van der Waals surface area contributed by atoms with E-state index in [1.54, 1.807) is 36.5 Å². The van der Waals surface area contributed by atoms with E-state index < -0.39 is 0 Å². The first-order valence-corrected chi connectivity index (χ1v) is 6.81. The molecule has 3 heterocycles. The minimum Gasteiger partial charge on any atom is -0.251 e. The fraction of sp³-hybridized carbons (Fsp3) is 0. The molecule has 0 spiro atoms. The molecule has 0 saturated heterocycles. The minimum absolute atomic E-state index is 0.225. The van der Waals surface area contributed by atoms with Gasteiger partial charge in [-0.2, -0.15) is 9.78 Å². The Labute approximate surface area is 129 Å². The lowest BCUT2D eigenvalue weighted by Gasteiger charge is -1.98. The van der Waals surface area contributed by atoms with Crippen LogP contribution in [0.3, 0.4) is 0 Å². The van der Waals surface area contributed by atoms with Crippen LogP contribution in [0, 0.1) is 11.3 Å². The number of aromatic nitrogens is 5. The summed E-state index contributed by atoms with van der Waals surface area (Å²) >= 11 is 6.16. The van der Waals surface area contributed by atoms with Gasteiger partial charge in [-0.3, -0.25) is 4.98 Å².